The van der Waals surface area contributed by atoms with Crippen LogP contribution in [0.25, 0.3) is 0 Å². The molecule has 1 rings (SSSR count). The molecular weight excluding hydrogens is 264 g/mol. The molecule has 6 nitrogen and oxygen atoms in total. The summed E-state index contributed by atoms with van der Waals surface area (Å²) in [6.45, 7) is 6.06. The number of rotatable bonds is 8. The smallest absolute Gasteiger partial charge is 0.233 e. The van der Waals surface area contributed by atoms with Gasteiger partial charge in [-0.05, 0) is 31.9 Å². The van der Waals surface area contributed by atoms with Crippen LogP contribution in [0.15, 0.2) is 12.1 Å². The number of aromatic nitrogens is 2. The van der Waals surface area contributed by atoms with E-state index in [9.17, 15) is 8.42 Å². The van der Waals surface area contributed by atoms with Crippen LogP contribution >= 0.6 is 0 Å². The second kappa shape index (κ2) is 7.28. The fourth-order valence-corrected chi connectivity index (χ4v) is 2.56. The minimum atomic E-state index is -3.31. The summed E-state index contributed by atoms with van der Waals surface area (Å²) in [5.74, 6) is 1.01. The van der Waals surface area contributed by atoms with Crippen LogP contribution < -0.4 is 10.0 Å². The molecule has 1 aromatic rings. The first-order valence-corrected chi connectivity index (χ1v) is 8.22. The molecule has 108 valence electrons. The topological polar surface area (TPSA) is 84.0 Å². The van der Waals surface area contributed by atoms with Crippen LogP contribution in [0.3, 0.4) is 0 Å². The fraction of sp³-hybridized carbons (Fsp3) is 0.667. The van der Waals surface area contributed by atoms with Crippen molar-refractivity contribution in [3.05, 3.63) is 12.1 Å². The number of nitrogens with zero attached hydrogens (tertiary/aromatic N) is 2. The average molecular weight is 286 g/mol. The summed E-state index contributed by atoms with van der Waals surface area (Å²) < 4.78 is 25.8. The second-order valence-electron chi connectivity index (χ2n) is 4.53. The van der Waals surface area contributed by atoms with Gasteiger partial charge in [-0.3, -0.25) is 4.72 Å². The molecular formula is C12H22N4O2S. The third kappa shape index (κ3) is 5.87. The Balaban J connectivity index is 2.61. The minimum absolute atomic E-state index is 0.109. The Labute approximate surface area is 115 Å². The first kappa shape index (κ1) is 15.7. The molecule has 0 amide bonds. The highest BCUT2D eigenvalue weighted by atomic mass is 32.2. The number of hydrogen-bond acceptors (Lipinski definition) is 5. The van der Waals surface area contributed by atoms with Crippen LogP contribution in [0.4, 0.5) is 11.6 Å². The van der Waals surface area contributed by atoms with Crippen molar-refractivity contribution in [3.63, 3.8) is 0 Å². The Morgan fingerprint density at radius 1 is 1.21 bits per heavy atom. The van der Waals surface area contributed by atoms with Crippen molar-refractivity contribution in [2.45, 2.75) is 46.1 Å². The predicted molar refractivity (Wildman–Crippen MR) is 77.7 cm³/mol. The highest BCUT2D eigenvalue weighted by Gasteiger charge is 2.10. The average Bonchev–Trinajstić information content (AvgIpc) is 2.38. The summed E-state index contributed by atoms with van der Waals surface area (Å²) in [6, 6.07) is 3.64. The van der Waals surface area contributed by atoms with E-state index in [1.54, 1.807) is 12.1 Å². The molecule has 0 spiro atoms. The number of nitrogens with one attached hydrogen (secondary N) is 2. The number of hydrogen-bond donors (Lipinski definition) is 2. The van der Waals surface area contributed by atoms with Crippen molar-refractivity contribution < 1.29 is 8.42 Å². The van der Waals surface area contributed by atoms with E-state index in [0.717, 1.165) is 12.8 Å². The third-order valence-corrected chi connectivity index (χ3v) is 4.04. The van der Waals surface area contributed by atoms with E-state index in [4.69, 9.17) is 0 Å². The van der Waals surface area contributed by atoms with E-state index in [1.165, 1.54) is 0 Å². The van der Waals surface area contributed by atoms with Crippen LogP contribution in [0, 0.1) is 0 Å². The lowest BCUT2D eigenvalue weighted by Crippen LogP contribution is -2.18. The van der Waals surface area contributed by atoms with Gasteiger partial charge in [0.15, 0.2) is 5.82 Å². The lowest BCUT2D eigenvalue weighted by molar-refractivity contribution is 0.597. The standard InChI is InChI=1S/C12H22N4O2S/c1-4-6-9-19(17,18)16-12-8-7-11(14-15-12)13-10(3)5-2/h7-8,10H,4-6,9H2,1-3H3,(H,13,14)(H,15,16). The highest BCUT2D eigenvalue weighted by Crippen LogP contribution is 2.10. The highest BCUT2D eigenvalue weighted by molar-refractivity contribution is 7.92. The van der Waals surface area contributed by atoms with Crippen molar-refractivity contribution in [3.8, 4) is 0 Å². The first-order valence-electron chi connectivity index (χ1n) is 6.57. The summed E-state index contributed by atoms with van der Waals surface area (Å²) in [5.41, 5.74) is 0. The van der Waals surface area contributed by atoms with E-state index in [1.807, 2.05) is 13.8 Å². The molecule has 1 atom stereocenters. The van der Waals surface area contributed by atoms with E-state index >= 15 is 0 Å². The van der Waals surface area contributed by atoms with Gasteiger partial charge in [0, 0.05) is 6.04 Å². The summed E-state index contributed by atoms with van der Waals surface area (Å²) >= 11 is 0. The van der Waals surface area contributed by atoms with Crippen LogP contribution in [-0.2, 0) is 10.0 Å². The molecule has 0 aromatic carbocycles. The second-order valence-corrected chi connectivity index (χ2v) is 6.37. The maximum atomic E-state index is 11.7. The van der Waals surface area contributed by atoms with Gasteiger partial charge in [-0.25, -0.2) is 8.42 Å². The van der Waals surface area contributed by atoms with Crippen LogP contribution in [0.5, 0.6) is 0 Å². The van der Waals surface area contributed by atoms with Crippen molar-refractivity contribution in [1.82, 2.24) is 10.2 Å². The third-order valence-electron chi connectivity index (χ3n) is 2.70. The molecule has 0 aliphatic carbocycles. The van der Waals surface area contributed by atoms with Gasteiger partial charge >= 0.3 is 0 Å². The Morgan fingerprint density at radius 3 is 2.37 bits per heavy atom. The quantitative estimate of drug-likeness (QED) is 0.765. The molecule has 7 heteroatoms. The lowest BCUT2D eigenvalue weighted by Gasteiger charge is -2.11. The molecule has 1 heterocycles. The van der Waals surface area contributed by atoms with Gasteiger partial charge in [0.2, 0.25) is 10.0 Å². The van der Waals surface area contributed by atoms with Gasteiger partial charge in [-0.2, -0.15) is 0 Å². The molecule has 1 aromatic heterocycles. The van der Waals surface area contributed by atoms with Gasteiger partial charge < -0.3 is 5.32 Å². The summed E-state index contributed by atoms with van der Waals surface area (Å²) in [7, 11) is -3.31. The first-order chi connectivity index (χ1) is 8.96. The van der Waals surface area contributed by atoms with Crippen LogP contribution in [0.2, 0.25) is 0 Å². The van der Waals surface area contributed by atoms with E-state index in [-0.39, 0.29) is 11.6 Å². The Kier molecular flexibility index (Phi) is 6.01. The van der Waals surface area contributed by atoms with Crippen molar-refractivity contribution in [2.75, 3.05) is 15.8 Å². The molecule has 0 radical (unpaired) electrons. The molecule has 0 bridgehead atoms. The molecule has 1 unspecified atom stereocenters. The zero-order valence-electron chi connectivity index (χ0n) is 11.7. The van der Waals surface area contributed by atoms with Gasteiger partial charge in [0.05, 0.1) is 5.75 Å². The summed E-state index contributed by atoms with van der Waals surface area (Å²) in [5, 5.41) is 11.0. The predicted octanol–water partition coefficient (Wildman–Crippen LogP) is 2.23. The molecule has 2 N–H and O–H groups in total. The van der Waals surface area contributed by atoms with Gasteiger partial charge in [0.1, 0.15) is 5.82 Å². The van der Waals surface area contributed by atoms with Crippen LogP contribution in [-0.4, -0.2) is 30.4 Å². The van der Waals surface area contributed by atoms with E-state index in [2.05, 4.69) is 27.2 Å². The molecule has 0 aliphatic heterocycles. The Morgan fingerprint density at radius 2 is 1.84 bits per heavy atom. The summed E-state index contributed by atoms with van der Waals surface area (Å²) in [6.07, 6.45) is 2.45. The Hall–Kier alpha value is -1.37. The zero-order chi connectivity index (χ0) is 14.3. The fourth-order valence-electron chi connectivity index (χ4n) is 1.36. The van der Waals surface area contributed by atoms with Crippen LogP contribution in [0.1, 0.15) is 40.0 Å². The van der Waals surface area contributed by atoms with E-state index < -0.39 is 10.0 Å². The SMILES string of the molecule is CCCCS(=O)(=O)Nc1ccc(NC(C)CC)nn1. The summed E-state index contributed by atoms with van der Waals surface area (Å²) in [4.78, 5) is 0. The minimum Gasteiger partial charge on any atom is -0.366 e. The maximum absolute atomic E-state index is 11.7. The lowest BCUT2D eigenvalue weighted by atomic mass is 10.2. The van der Waals surface area contributed by atoms with Gasteiger partial charge in [-0.1, -0.05) is 20.3 Å². The van der Waals surface area contributed by atoms with Crippen molar-refractivity contribution >= 4 is 21.7 Å². The Bertz CT molecular complexity index is 473. The molecule has 0 saturated carbocycles. The van der Waals surface area contributed by atoms with Crippen molar-refractivity contribution in [2.24, 2.45) is 0 Å². The molecule has 0 fully saturated rings. The molecule has 0 aliphatic rings. The molecule has 0 saturated heterocycles. The monoisotopic (exact) mass is 286 g/mol. The number of unbranched alkanes of at least 4 members (excludes halogenated alkanes) is 1. The molecule has 19 heavy (non-hydrogen) atoms. The van der Waals surface area contributed by atoms with E-state index in [0.29, 0.717) is 18.3 Å². The normalized spacial score (nSPS) is 13.0. The largest absolute Gasteiger partial charge is 0.366 e. The van der Waals surface area contributed by atoms with Crippen molar-refractivity contribution in [1.29, 1.82) is 0 Å². The van der Waals surface area contributed by atoms with Gasteiger partial charge in [-0.15, -0.1) is 10.2 Å². The maximum Gasteiger partial charge on any atom is 0.233 e. The number of sulfonamides is 1. The zero-order valence-corrected chi connectivity index (χ0v) is 12.5. The van der Waals surface area contributed by atoms with Gasteiger partial charge in [0.25, 0.3) is 0 Å². The number of anilines is 2.